The van der Waals surface area contributed by atoms with Gasteiger partial charge in [0.05, 0.1) is 6.42 Å². The van der Waals surface area contributed by atoms with Gasteiger partial charge in [0, 0.05) is 10.6 Å². The molecule has 0 heterocycles. The molecule has 0 spiro atoms. The van der Waals surface area contributed by atoms with Crippen LogP contribution in [0.1, 0.15) is 46.5 Å². The Morgan fingerprint density at radius 1 is 1.16 bits per heavy atom. The quantitative estimate of drug-likeness (QED) is 0.784. The van der Waals surface area contributed by atoms with Crippen molar-refractivity contribution in [1.82, 2.24) is 5.32 Å². The predicted octanol–water partition coefficient (Wildman–Crippen LogP) is 3.49. The Morgan fingerprint density at radius 2 is 1.76 bits per heavy atom. The van der Waals surface area contributed by atoms with Crippen molar-refractivity contribution in [3.05, 3.63) is 29.3 Å². The molecule has 1 N–H and O–H groups in total. The van der Waals surface area contributed by atoms with Crippen LogP contribution < -0.4 is 10.1 Å². The van der Waals surface area contributed by atoms with E-state index in [1.807, 2.05) is 20.8 Å². The highest BCUT2D eigenvalue weighted by Gasteiger charge is 2.68. The lowest BCUT2D eigenvalue weighted by atomic mass is 9.38. The number of benzene rings is 1. The molecule has 5 nitrogen and oxygen atoms in total. The van der Waals surface area contributed by atoms with Gasteiger partial charge in [-0.15, -0.1) is 0 Å². The van der Waals surface area contributed by atoms with Crippen LogP contribution >= 0.6 is 11.6 Å². The molecular formula is C19H24ClNO4. The number of nitrogens with one attached hydrogen (secondary N) is 1. The smallest absolute Gasteiger partial charge is 0.306 e. The van der Waals surface area contributed by atoms with Gasteiger partial charge in [0.25, 0.3) is 5.91 Å². The lowest BCUT2D eigenvalue weighted by Crippen LogP contribution is -2.75. The van der Waals surface area contributed by atoms with Gasteiger partial charge in [-0.05, 0) is 69.7 Å². The first-order chi connectivity index (χ1) is 11.6. The standard InChI is InChI=1S/C19H24ClNO4/c1-17(2,3)25-16(23)8-18-10-19(11-18,12-18)21-15(22)9-24-14-6-4-13(20)5-7-14/h4-7H,8-12H2,1-3H3,(H,21,22). The molecule has 1 amide bonds. The molecule has 0 radical (unpaired) electrons. The summed E-state index contributed by atoms with van der Waals surface area (Å²) >= 11 is 5.81. The monoisotopic (exact) mass is 365 g/mol. The average Bonchev–Trinajstić information content (AvgIpc) is 2.41. The first-order valence-corrected chi connectivity index (χ1v) is 8.88. The summed E-state index contributed by atoms with van der Waals surface area (Å²) in [4.78, 5) is 24.0. The summed E-state index contributed by atoms with van der Waals surface area (Å²) in [6.45, 7) is 5.59. The second-order valence-corrected chi connectivity index (χ2v) is 8.80. The molecule has 3 fully saturated rings. The van der Waals surface area contributed by atoms with Crippen molar-refractivity contribution >= 4 is 23.5 Å². The average molecular weight is 366 g/mol. The Balaban J connectivity index is 1.39. The van der Waals surface area contributed by atoms with Gasteiger partial charge in [0.15, 0.2) is 6.61 Å². The van der Waals surface area contributed by atoms with Crippen LogP contribution in [-0.2, 0) is 14.3 Å². The minimum atomic E-state index is -0.453. The fourth-order valence-electron chi connectivity index (χ4n) is 4.01. The van der Waals surface area contributed by atoms with Crippen molar-refractivity contribution < 1.29 is 19.1 Å². The van der Waals surface area contributed by atoms with Crippen LogP contribution in [0.15, 0.2) is 24.3 Å². The van der Waals surface area contributed by atoms with Crippen LogP contribution in [0.2, 0.25) is 5.02 Å². The van der Waals surface area contributed by atoms with E-state index < -0.39 is 5.60 Å². The van der Waals surface area contributed by atoms with E-state index in [1.165, 1.54) is 0 Å². The van der Waals surface area contributed by atoms with Crippen LogP contribution in [-0.4, -0.2) is 29.6 Å². The van der Waals surface area contributed by atoms with Crippen LogP contribution in [0.3, 0.4) is 0 Å². The molecule has 1 aromatic carbocycles. The van der Waals surface area contributed by atoms with E-state index in [9.17, 15) is 9.59 Å². The third-order valence-corrected chi connectivity index (χ3v) is 4.92. The number of amides is 1. The minimum absolute atomic E-state index is 0.0205. The lowest BCUT2D eigenvalue weighted by molar-refractivity contribution is -0.188. The highest BCUT2D eigenvalue weighted by atomic mass is 35.5. The molecule has 3 aliphatic rings. The molecule has 0 aliphatic heterocycles. The summed E-state index contributed by atoms with van der Waals surface area (Å²) < 4.78 is 10.8. The molecule has 0 aromatic heterocycles. The van der Waals surface area contributed by atoms with Gasteiger partial charge < -0.3 is 14.8 Å². The Labute approximate surface area is 153 Å². The Hall–Kier alpha value is -1.75. The van der Waals surface area contributed by atoms with Crippen molar-refractivity contribution in [1.29, 1.82) is 0 Å². The molecule has 4 rings (SSSR count). The lowest BCUT2D eigenvalue weighted by Gasteiger charge is -2.70. The van der Waals surface area contributed by atoms with E-state index in [4.69, 9.17) is 21.1 Å². The van der Waals surface area contributed by atoms with Crippen LogP contribution in [0.4, 0.5) is 0 Å². The fraction of sp³-hybridized carbons (Fsp3) is 0.579. The second kappa shape index (κ2) is 6.20. The number of esters is 1. The van der Waals surface area contributed by atoms with Crippen molar-refractivity contribution in [3.8, 4) is 5.75 Å². The molecule has 3 aliphatic carbocycles. The molecule has 0 atom stereocenters. The van der Waals surface area contributed by atoms with Crippen molar-refractivity contribution in [2.75, 3.05) is 6.61 Å². The largest absolute Gasteiger partial charge is 0.484 e. The number of hydrogen-bond donors (Lipinski definition) is 1. The SMILES string of the molecule is CC(C)(C)OC(=O)CC12CC(NC(=O)COc3ccc(Cl)cc3)(C1)C2. The fourth-order valence-corrected chi connectivity index (χ4v) is 4.14. The third-order valence-electron chi connectivity index (χ3n) is 4.67. The van der Waals surface area contributed by atoms with E-state index in [2.05, 4.69) is 5.32 Å². The zero-order valence-electron chi connectivity index (χ0n) is 14.9. The van der Waals surface area contributed by atoms with E-state index in [-0.39, 0.29) is 29.4 Å². The molecule has 6 heteroatoms. The normalized spacial score (nSPS) is 26.9. The maximum absolute atomic E-state index is 12.1. The van der Waals surface area contributed by atoms with Gasteiger partial charge in [-0.2, -0.15) is 0 Å². The van der Waals surface area contributed by atoms with Crippen LogP contribution in [0.25, 0.3) is 0 Å². The van der Waals surface area contributed by atoms with Gasteiger partial charge in [-0.25, -0.2) is 0 Å². The molecule has 3 saturated carbocycles. The summed E-state index contributed by atoms with van der Waals surface area (Å²) in [7, 11) is 0. The molecule has 136 valence electrons. The summed E-state index contributed by atoms with van der Waals surface area (Å²) in [5, 5.41) is 3.67. The highest BCUT2D eigenvalue weighted by Crippen LogP contribution is 2.69. The Kier molecular flexibility index (Phi) is 4.48. The van der Waals surface area contributed by atoms with E-state index >= 15 is 0 Å². The molecule has 0 unspecified atom stereocenters. The van der Waals surface area contributed by atoms with Gasteiger partial charge in [-0.3, -0.25) is 9.59 Å². The van der Waals surface area contributed by atoms with Gasteiger partial charge >= 0.3 is 5.97 Å². The number of carbonyl (C=O) groups is 2. The van der Waals surface area contributed by atoms with Crippen molar-refractivity contribution in [2.24, 2.45) is 5.41 Å². The number of ether oxygens (including phenoxy) is 2. The Morgan fingerprint density at radius 3 is 2.32 bits per heavy atom. The van der Waals surface area contributed by atoms with Gasteiger partial charge in [0.1, 0.15) is 11.4 Å². The zero-order chi connectivity index (χ0) is 18.3. The molecule has 1 aromatic rings. The van der Waals surface area contributed by atoms with E-state index in [1.54, 1.807) is 24.3 Å². The second-order valence-electron chi connectivity index (χ2n) is 8.36. The maximum Gasteiger partial charge on any atom is 0.306 e. The minimum Gasteiger partial charge on any atom is -0.484 e. The first-order valence-electron chi connectivity index (χ1n) is 8.50. The number of halogens is 1. The molecule has 2 bridgehead atoms. The van der Waals surface area contributed by atoms with Crippen LogP contribution in [0, 0.1) is 5.41 Å². The topological polar surface area (TPSA) is 64.6 Å². The number of carbonyl (C=O) groups excluding carboxylic acids is 2. The molecule has 0 saturated heterocycles. The van der Waals surface area contributed by atoms with E-state index in [0.717, 1.165) is 19.3 Å². The number of rotatable bonds is 6. The molecule has 25 heavy (non-hydrogen) atoms. The summed E-state index contributed by atoms with van der Waals surface area (Å²) in [5.41, 5.74) is -0.583. The maximum atomic E-state index is 12.1. The summed E-state index contributed by atoms with van der Waals surface area (Å²) in [5.74, 6) is 0.317. The van der Waals surface area contributed by atoms with Gasteiger partial charge in [-0.1, -0.05) is 11.6 Å². The first kappa shape index (κ1) is 18.1. The summed E-state index contributed by atoms with van der Waals surface area (Å²) in [6.07, 6.45) is 2.95. The Bertz CT molecular complexity index is 658. The van der Waals surface area contributed by atoms with Crippen molar-refractivity contribution in [2.45, 2.75) is 57.6 Å². The van der Waals surface area contributed by atoms with Gasteiger partial charge in [0.2, 0.25) is 0 Å². The molecular weight excluding hydrogens is 342 g/mol. The third kappa shape index (κ3) is 4.27. The zero-order valence-corrected chi connectivity index (χ0v) is 15.6. The number of hydrogen-bond acceptors (Lipinski definition) is 4. The predicted molar refractivity (Wildman–Crippen MR) is 94.6 cm³/mol. The summed E-state index contributed by atoms with van der Waals surface area (Å²) in [6, 6.07) is 6.89. The van der Waals surface area contributed by atoms with E-state index in [0.29, 0.717) is 17.2 Å². The van der Waals surface area contributed by atoms with Crippen LogP contribution in [0.5, 0.6) is 5.75 Å². The highest BCUT2D eigenvalue weighted by molar-refractivity contribution is 6.30. The van der Waals surface area contributed by atoms with Crippen molar-refractivity contribution in [3.63, 3.8) is 0 Å².